The van der Waals surface area contributed by atoms with Gasteiger partial charge < -0.3 is 24.8 Å². The Morgan fingerprint density at radius 2 is 1.65 bits per heavy atom. The van der Waals surface area contributed by atoms with Gasteiger partial charge in [-0.2, -0.15) is 0 Å². The quantitative estimate of drug-likeness (QED) is 0.416. The largest absolute Gasteiger partial charge is 0.444 e. The highest BCUT2D eigenvalue weighted by Crippen LogP contribution is 2.45. The molecule has 5 heterocycles. The summed E-state index contributed by atoms with van der Waals surface area (Å²) < 4.78 is 5.29. The summed E-state index contributed by atoms with van der Waals surface area (Å²) in [4.78, 5) is 94.7. The highest BCUT2D eigenvalue weighted by Gasteiger charge is 2.54. The van der Waals surface area contributed by atoms with E-state index in [2.05, 4.69) is 10.6 Å². The van der Waals surface area contributed by atoms with E-state index in [1.165, 1.54) is 0 Å². The van der Waals surface area contributed by atoms with Gasteiger partial charge in [0.25, 0.3) is 11.8 Å². The predicted octanol–water partition coefficient (Wildman–Crippen LogP) is 1.03. The molecular formula is C32H40N6O8. The lowest BCUT2D eigenvalue weighted by Gasteiger charge is -2.61. The molecule has 7 amide bonds. The van der Waals surface area contributed by atoms with Gasteiger partial charge in [-0.1, -0.05) is 6.07 Å². The molecule has 5 aliphatic rings. The Hall–Kier alpha value is -4.49. The molecule has 0 saturated carbocycles. The number of hydrogen-bond donors (Lipinski definition) is 2. The molecular weight excluding hydrogens is 596 g/mol. The minimum absolute atomic E-state index is 0.00373. The van der Waals surface area contributed by atoms with Gasteiger partial charge in [0.2, 0.25) is 23.6 Å². The average Bonchev–Trinajstić information content (AvgIpc) is 3.49. The zero-order valence-corrected chi connectivity index (χ0v) is 26.4. The number of piperidine rings is 1. The molecule has 4 fully saturated rings. The molecule has 0 aliphatic carbocycles. The highest BCUT2D eigenvalue weighted by atomic mass is 16.6. The maximum atomic E-state index is 13.4. The summed E-state index contributed by atoms with van der Waals surface area (Å²) in [5.41, 5.74) is 0.469. The molecule has 0 aromatic heterocycles. The fourth-order valence-electron chi connectivity index (χ4n) is 7.12. The monoisotopic (exact) mass is 636 g/mol. The summed E-state index contributed by atoms with van der Waals surface area (Å²) in [6, 6.07) is 3.92. The zero-order valence-electron chi connectivity index (χ0n) is 26.4. The maximum Gasteiger partial charge on any atom is 0.407 e. The number of likely N-dealkylation sites (tertiary alicyclic amines) is 2. The van der Waals surface area contributed by atoms with Gasteiger partial charge in [-0.05, 0) is 52.2 Å². The number of ether oxygens (including phenoxy) is 1. The Morgan fingerprint density at radius 3 is 2.33 bits per heavy atom. The lowest BCUT2D eigenvalue weighted by atomic mass is 9.72. The molecule has 1 spiro atoms. The third-order valence-corrected chi connectivity index (χ3v) is 9.29. The van der Waals surface area contributed by atoms with Gasteiger partial charge >= 0.3 is 6.09 Å². The molecule has 246 valence electrons. The molecule has 0 radical (unpaired) electrons. The number of anilines is 1. The Bertz CT molecular complexity index is 1500. The van der Waals surface area contributed by atoms with Crippen LogP contribution in [0.5, 0.6) is 0 Å². The minimum Gasteiger partial charge on any atom is -0.444 e. The van der Waals surface area contributed by atoms with Crippen molar-refractivity contribution in [2.45, 2.75) is 77.0 Å². The van der Waals surface area contributed by atoms with Crippen LogP contribution in [0.15, 0.2) is 18.2 Å². The number of amides is 7. The summed E-state index contributed by atoms with van der Waals surface area (Å²) in [5, 5.41) is 5.03. The topological polar surface area (TPSA) is 166 Å². The predicted molar refractivity (Wildman–Crippen MR) is 163 cm³/mol. The summed E-state index contributed by atoms with van der Waals surface area (Å²) >= 11 is 0. The number of alkyl carbamates (subject to hydrolysis) is 1. The Labute approximate surface area is 266 Å². The number of nitrogens with one attached hydrogen (secondary N) is 2. The van der Waals surface area contributed by atoms with Gasteiger partial charge in [-0.3, -0.25) is 39.0 Å². The van der Waals surface area contributed by atoms with Crippen LogP contribution in [0.25, 0.3) is 0 Å². The molecule has 1 unspecified atom stereocenters. The highest BCUT2D eigenvalue weighted by molar-refractivity contribution is 6.25. The van der Waals surface area contributed by atoms with Crippen molar-refractivity contribution in [3.63, 3.8) is 0 Å². The first-order chi connectivity index (χ1) is 21.7. The van der Waals surface area contributed by atoms with Gasteiger partial charge in [-0.15, -0.1) is 0 Å². The second-order valence-electron chi connectivity index (χ2n) is 14.1. The molecule has 5 aliphatic heterocycles. The fourth-order valence-corrected chi connectivity index (χ4v) is 7.12. The van der Waals surface area contributed by atoms with Gasteiger partial charge in [0, 0.05) is 63.9 Å². The second-order valence-corrected chi connectivity index (χ2v) is 14.1. The number of carbonyl (C=O) groups excluding carboxylic acids is 7. The van der Waals surface area contributed by atoms with Crippen LogP contribution in [0.4, 0.5) is 10.5 Å². The molecule has 4 saturated heterocycles. The van der Waals surface area contributed by atoms with Crippen LogP contribution >= 0.6 is 0 Å². The third kappa shape index (κ3) is 6.04. The number of nitrogens with zero attached hydrogens (tertiary/aromatic N) is 4. The third-order valence-electron chi connectivity index (χ3n) is 9.29. The first kappa shape index (κ1) is 31.5. The summed E-state index contributed by atoms with van der Waals surface area (Å²) in [7, 11) is 0. The van der Waals surface area contributed by atoms with E-state index in [1.54, 1.807) is 48.8 Å². The molecule has 14 heteroatoms. The molecule has 0 bridgehead atoms. The van der Waals surface area contributed by atoms with E-state index in [-0.39, 0.29) is 60.1 Å². The number of carbonyl (C=O) groups is 7. The van der Waals surface area contributed by atoms with Crippen LogP contribution < -0.4 is 15.5 Å². The SMILES string of the molecule is CC(C)(C)OC(=O)N[C@@H]1CCN(C(=O)CCCC(=O)N2CC3(C2)CN(c2cccc4c2C(=O)N(C2CCC(=O)NC2=O)C4=O)C3)C1. The van der Waals surface area contributed by atoms with Gasteiger partial charge in [0.15, 0.2) is 0 Å². The van der Waals surface area contributed by atoms with Crippen LogP contribution in [-0.2, 0) is 23.9 Å². The Kier molecular flexibility index (Phi) is 8.01. The van der Waals surface area contributed by atoms with Crippen LogP contribution in [-0.4, -0.2) is 113 Å². The molecule has 1 aromatic rings. The minimum atomic E-state index is -1.02. The van der Waals surface area contributed by atoms with Crippen molar-refractivity contribution in [2.24, 2.45) is 5.41 Å². The van der Waals surface area contributed by atoms with Crippen LogP contribution in [0.2, 0.25) is 0 Å². The number of imide groups is 2. The normalized spacial score (nSPS) is 23.6. The van der Waals surface area contributed by atoms with Crippen molar-refractivity contribution in [2.75, 3.05) is 44.2 Å². The van der Waals surface area contributed by atoms with Crippen molar-refractivity contribution >= 4 is 47.2 Å². The van der Waals surface area contributed by atoms with Crippen molar-refractivity contribution < 1.29 is 38.3 Å². The van der Waals surface area contributed by atoms with Crippen molar-refractivity contribution in [1.82, 2.24) is 25.3 Å². The van der Waals surface area contributed by atoms with E-state index < -0.39 is 41.4 Å². The molecule has 2 atom stereocenters. The molecule has 6 rings (SSSR count). The smallest absolute Gasteiger partial charge is 0.407 e. The second kappa shape index (κ2) is 11.7. The summed E-state index contributed by atoms with van der Waals surface area (Å²) in [6.45, 7) is 8.79. The van der Waals surface area contributed by atoms with Crippen molar-refractivity contribution in [3.05, 3.63) is 29.3 Å². The number of rotatable bonds is 7. The zero-order chi connectivity index (χ0) is 33.0. The van der Waals surface area contributed by atoms with Gasteiger partial charge in [0.05, 0.1) is 22.9 Å². The standard InChI is InChI=1S/C32H40N6O8/c1-31(2,3)46-30(45)33-19-12-13-35(14-19)24(40)8-5-9-25(41)37-17-32(18-37)15-36(16-32)21-7-4-6-20-26(21)29(44)38(28(20)43)22-10-11-23(39)34-27(22)42/h4,6-7,19,22H,5,8-18H2,1-3H3,(H,33,45)(H,34,39,42)/t19-,22?/m1/s1. The van der Waals surface area contributed by atoms with E-state index in [1.807, 2.05) is 4.90 Å². The van der Waals surface area contributed by atoms with E-state index in [4.69, 9.17) is 4.74 Å². The van der Waals surface area contributed by atoms with Crippen LogP contribution in [0, 0.1) is 5.41 Å². The van der Waals surface area contributed by atoms with Crippen LogP contribution in [0.3, 0.4) is 0 Å². The number of hydrogen-bond acceptors (Lipinski definition) is 9. The van der Waals surface area contributed by atoms with E-state index in [0.717, 1.165) is 4.90 Å². The van der Waals surface area contributed by atoms with Crippen molar-refractivity contribution in [3.8, 4) is 0 Å². The molecule has 46 heavy (non-hydrogen) atoms. The molecule has 14 nitrogen and oxygen atoms in total. The number of fused-ring (bicyclic) bond motifs is 1. The Balaban J connectivity index is 0.943. The molecule has 2 N–H and O–H groups in total. The lowest BCUT2D eigenvalue weighted by molar-refractivity contribution is -0.145. The van der Waals surface area contributed by atoms with E-state index >= 15 is 0 Å². The van der Waals surface area contributed by atoms with E-state index in [9.17, 15) is 33.6 Å². The summed E-state index contributed by atoms with van der Waals surface area (Å²) in [6.07, 6.45) is 1.31. The Morgan fingerprint density at radius 1 is 0.957 bits per heavy atom. The van der Waals surface area contributed by atoms with Crippen molar-refractivity contribution in [1.29, 1.82) is 0 Å². The van der Waals surface area contributed by atoms with Crippen LogP contribution in [0.1, 0.15) is 80.0 Å². The van der Waals surface area contributed by atoms with Gasteiger partial charge in [-0.25, -0.2) is 4.79 Å². The lowest BCUT2D eigenvalue weighted by Crippen LogP contribution is -2.73. The average molecular weight is 637 g/mol. The first-order valence-corrected chi connectivity index (χ1v) is 15.9. The first-order valence-electron chi connectivity index (χ1n) is 15.9. The summed E-state index contributed by atoms with van der Waals surface area (Å²) in [5.74, 6) is -2.16. The fraction of sp³-hybridized carbons (Fsp3) is 0.594. The maximum absolute atomic E-state index is 13.4. The number of benzene rings is 1. The van der Waals surface area contributed by atoms with E-state index in [0.29, 0.717) is 57.8 Å². The molecule has 1 aromatic carbocycles. The van der Waals surface area contributed by atoms with Gasteiger partial charge in [0.1, 0.15) is 11.6 Å².